The average molecular weight is 140 g/mol. The van der Waals surface area contributed by atoms with Gasteiger partial charge in [-0.25, -0.2) is 0 Å². The molecule has 0 unspecified atom stereocenters. The second-order valence-corrected chi connectivity index (χ2v) is 3.14. The average Bonchev–Trinajstić information content (AvgIpc) is 1.85. The van der Waals surface area contributed by atoms with Gasteiger partial charge in [0.05, 0.1) is 13.4 Å². The largest absolute Gasteiger partial charge is 0.504 e. The van der Waals surface area contributed by atoms with E-state index in [2.05, 4.69) is 0 Å². The van der Waals surface area contributed by atoms with Crippen LogP contribution < -0.4 is 0 Å². The second-order valence-electron chi connectivity index (χ2n) is 3.14. The Hall–Kier alpha value is -0.790. The molecule has 0 amide bonds. The molecule has 1 saturated carbocycles. The monoisotopic (exact) mass is 140 g/mol. The van der Waals surface area contributed by atoms with Crippen LogP contribution in [0.1, 0.15) is 19.8 Å². The lowest BCUT2D eigenvalue weighted by atomic mass is 9.68. The highest BCUT2D eigenvalue weighted by molar-refractivity contribution is 5.63. The van der Waals surface area contributed by atoms with E-state index in [1.807, 2.05) is 6.92 Å². The van der Waals surface area contributed by atoms with Gasteiger partial charge in [0.25, 0.3) is 0 Å². The van der Waals surface area contributed by atoms with Gasteiger partial charge in [0.2, 0.25) is 0 Å². The van der Waals surface area contributed by atoms with Crippen molar-refractivity contribution < 1.29 is 9.53 Å². The van der Waals surface area contributed by atoms with E-state index in [9.17, 15) is 4.79 Å². The molecule has 1 fully saturated rings. The van der Waals surface area contributed by atoms with Gasteiger partial charge in [0.1, 0.15) is 6.29 Å². The Bertz CT molecular complexity index is 162. The summed E-state index contributed by atoms with van der Waals surface area (Å²) in [7, 11) is 1.63. The summed E-state index contributed by atoms with van der Waals surface area (Å²) in [5, 5.41) is 0. The Morgan fingerprint density at radius 2 is 2.20 bits per heavy atom. The number of rotatable bonds is 2. The number of methoxy groups -OCH3 is 1. The van der Waals surface area contributed by atoms with Crippen molar-refractivity contribution in [1.82, 2.24) is 0 Å². The fourth-order valence-corrected chi connectivity index (χ4v) is 1.32. The third-order valence-electron chi connectivity index (χ3n) is 1.83. The predicted molar refractivity (Wildman–Crippen MR) is 38.5 cm³/mol. The molecule has 1 rings (SSSR count). The molecule has 0 heterocycles. The first-order valence-electron chi connectivity index (χ1n) is 3.37. The van der Waals surface area contributed by atoms with Crippen LogP contribution in [0.4, 0.5) is 0 Å². The Morgan fingerprint density at radius 3 is 2.60 bits per heavy atom. The van der Waals surface area contributed by atoms with Crippen LogP contribution in [0.15, 0.2) is 11.8 Å². The predicted octanol–water partition coefficient (Wildman–Crippen LogP) is 1.52. The van der Waals surface area contributed by atoms with Gasteiger partial charge in [-0.2, -0.15) is 0 Å². The van der Waals surface area contributed by atoms with Crippen LogP contribution in [0.2, 0.25) is 0 Å². The van der Waals surface area contributed by atoms with E-state index < -0.39 is 0 Å². The van der Waals surface area contributed by atoms with E-state index in [0.717, 1.165) is 19.1 Å². The zero-order valence-electron chi connectivity index (χ0n) is 6.39. The van der Waals surface area contributed by atoms with Gasteiger partial charge < -0.3 is 9.53 Å². The van der Waals surface area contributed by atoms with E-state index in [1.165, 1.54) is 5.57 Å². The minimum atomic E-state index is -0.0929. The first kappa shape index (κ1) is 7.32. The molecule has 0 atom stereocenters. The zero-order valence-corrected chi connectivity index (χ0v) is 6.39. The van der Waals surface area contributed by atoms with E-state index in [4.69, 9.17) is 4.74 Å². The van der Waals surface area contributed by atoms with Crippen molar-refractivity contribution in [3.05, 3.63) is 11.8 Å². The van der Waals surface area contributed by atoms with Gasteiger partial charge in [-0.15, -0.1) is 0 Å². The van der Waals surface area contributed by atoms with Crippen LogP contribution in [0, 0.1) is 5.41 Å². The molecule has 1 aliphatic rings. The van der Waals surface area contributed by atoms with Gasteiger partial charge in [-0.05, 0) is 18.4 Å². The van der Waals surface area contributed by atoms with Crippen LogP contribution in [-0.2, 0) is 9.53 Å². The third-order valence-corrected chi connectivity index (χ3v) is 1.83. The summed E-state index contributed by atoms with van der Waals surface area (Å²) in [6.07, 6.45) is 4.49. The second kappa shape index (κ2) is 2.45. The fourth-order valence-electron chi connectivity index (χ4n) is 1.32. The van der Waals surface area contributed by atoms with E-state index in [1.54, 1.807) is 13.4 Å². The minimum Gasteiger partial charge on any atom is -0.504 e. The topological polar surface area (TPSA) is 26.3 Å². The first-order chi connectivity index (χ1) is 4.70. The lowest BCUT2D eigenvalue weighted by Crippen LogP contribution is -2.29. The van der Waals surface area contributed by atoms with Crippen molar-refractivity contribution in [2.75, 3.05) is 7.11 Å². The van der Waals surface area contributed by atoms with Crippen molar-refractivity contribution in [3.63, 3.8) is 0 Å². The fraction of sp³-hybridized carbons (Fsp3) is 0.625. The highest BCUT2D eigenvalue weighted by atomic mass is 16.5. The van der Waals surface area contributed by atoms with Crippen LogP contribution >= 0.6 is 0 Å². The molecule has 0 spiro atoms. The summed E-state index contributed by atoms with van der Waals surface area (Å²) in [6.45, 7) is 1.97. The lowest BCUT2D eigenvalue weighted by molar-refractivity contribution is -0.117. The van der Waals surface area contributed by atoms with E-state index >= 15 is 0 Å². The quantitative estimate of drug-likeness (QED) is 0.429. The zero-order chi connectivity index (χ0) is 7.61. The lowest BCUT2D eigenvalue weighted by Gasteiger charge is -2.34. The molecule has 0 bridgehead atoms. The normalized spacial score (nSPS) is 30.8. The Labute approximate surface area is 60.9 Å². The number of ether oxygens (including phenoxy) is 1. The SMILES string of the molecule is COC=C1CC(C)(C=O)C1. The van der Waals surface area contributed by atoms with Crippen molar-refractivity contribution in [2.24, 2.45) is 5.41 Å². The van der Waals surface area contributed by atoms with Gasteiger partial charge in [-0.1, -0.05) is 6.92 Å². The maximum atomic E-state index is 10.4. The summed E-state index contributed by atoms with van der Waals surface area (Å²) in [5.41, 5.74) is 1.14. The van der Waals surface area contributed by atoms with E-state index in [-0.39, 0.29) is 5.41 Å². The van der Waals surface area contributed by atoms with E-state index in [0.29, 0.717) is 0 Å². The number of aldehydes is 1. The summed E-state index contributed by atoms with van der Waals surface area (Å²) >= 11 is 0. The molecule has 0 aromatic carbocycles. The van der Waals surface area contributed by atoms with Crippen LogP contribution in [0.25, 0.3) is 0 Å². The highest BCUT2D eigenvalue weighted by Crippen LogP contribution is 2.42. The van der Waals surface area contributed by atoms with Gasteiger partial charge in [-0.3, -0.25) is 0 Å². The number of hydrogen-bond acceptors (Lipinski definition) is 2. The van der Waals surface area contributed by atoms with Crippen molar-refractivity contribution in [2.45, 2.75) is 19.8 Å². The molecule has 2 nitrogen and oxygen atoms in total. The molecular formula is C8H12O2. The number of carbonyl (C=O) groups is 1. The molecule has 1 aliphatic carbocycles. The standard InChI is InChI=1S/C8H12O2/c1-8(6-9)3-7(4-8)5-10-2/h5-6H,3-4H2,1-2H3. The maximum absolute atomic E-state index is 10.4. The summed E-state index contributed by atoms with van der Waals surface area (Å²) in [4.78, 5) is 10.4. The number of hydrogen-bond donors (Lipinski definition) is 0. The molecule has 0 aromatic rings. The van der Waals surface area contributed by atoms with Gasteiger partial charge in [0, 0.05) is 5.41 Å². The molecule has 0 aliphatic heterocycles. The summed E-state index contributed by atoms with van der Waals surface area (Å²) < 4.78 is 4.81. The molecule has 0 saturated heterocycles. The smallest absolute Gasteiger partial charge is 0.126 e. The van der Waals surface area contributed by atoms with Crippen molar-refractivity contribution >= 4 is 6.29 Å². The molecule has 0 N–H and O–H groups in total. The molecule has 10 heavy (non-hydrogen) atoms. The molecule has 0 aromatic heterocycles. The highest BCUT2D eigenvalue weighted by Gasteiger charge is 2.35. The number of allylic oxidation sites excluding steroid dienone is 1. The summed E-state index contributed by atoms with van der Waals surface area (Å²) in [6, 6.07) is 0. The van der Waals surface area contributed by atoms with Crippen molar-refractivity contribution in [3.8, 4) is 0 Å². The molecule has 56 valence electrons. The molecular weight excluding hydrogens is 128 g/mol. The van der Waals surface area contributed by atoms with Gasteiger partial charge >= 0.3 is 0 Å². The Balaban J connectivity index is 2.43. The Morgan fingerprint density at radius 1 is 1.60 bits per heavy atom. The molecule has 2 heteroatoms. The maximum Gasteiger partial charge on any atom is 0.126 e. The minimum absolute atomic E-state index is 0.0929. The van der Waals surface area contributed by atoms with Gasteiger partial charge in [0.15, 0.2) is 0 Å². The summed E-state index contributed by atoms with van der Waals surface area (Å²) in [5.74, 6) is 0. The Kier molecular flexibility index (Phi) is 1.79. The first-order valence-corrected chi connectivity index (χ1v) is 3.37. The van der Waals surface area contributed by atoms with Crippen LogP contribution in [0.5, 0.6) is 0 Å². The third kappa shape index (κ3) is 1.20. The number of carbonyl (C=O) groups excluding carboxylic acids is 1. The van der Waals surface area contributed by atoms with Crippen molar-refractivity contribution in [1.29, 1.82) is 0 Å². The molecule has 0 radical (unpaired) electrons. The van der Waals surface area contributed by atoms with Crippen LogP contribution in [0.3, 0.4) is 0 Å². The van der Waals surface area contributed by atoms with Crippen LogP contribution in [-0.4, -0.2) is 13.4 Å².